The van der Waals surface area contributed by atoms with Crippen molar-refractivity contribution in [2.24, 2.45) is 0 Å². The highest BCUT2D eigenvalue weighted by molar-refractivity contribution is 5.78. The molecule has 0 bridgehead atoms. The lowest BCUT2D eigenvalue weighted by Crippen LogP contribution is -2.35. The van der Waals surface area contributed by atoms with E-state index in [1.807, 2.05) is 29.3 Å². The number of likely N-dealkylation sites (tertiary alicyclic amines) is 1. The Bertz CT molecular complexity index is 1370. The zero-order chi connectivity index (χ0) is 27.5. The van der Waals surface area contributed by atoms with Crippen molar-refractivity contribution in [3.05, 3.63) is 83.0 Å². The minimum absolute atomic E-state index is 0.0609. The van der Waals surface area contributed by atoms with Crippen LogP contribution in [0.4, 0.5) is 5.82 Å². The van der Waals surface area contributed by atoms with Gasteiger partial charge in [-0.05, 0) is 67.9 Å². The monoisotopic (exact) mass is 529 g/mol. The van der Waals surface area contributed by atoms with Crippen LogP contribution in [0.5, 0.6) is 0 Å². The number of pyridine rings is 2. The van der Waals surface area contributed by atoms with E-state index in [0.717, 1.165) is 80.4 Å². The number of amides is 1. The average molecular weight is 530 g/mol. The lowest BCUT2D eigenvalue weighted by Gasteiger charge is -2.26. The quantitative estimate of drug-likeness (QED) is 0.296. The van der Waals surface area contributed by atoms with Crippen LogP contribution in [0, 0.1) is 0 Å². The number of aryl methyl sites for hydroxylation is 2. The maximum absolute atomic E-state index is 12.2. The van der Waals surface area contributed by atoms with Crippen molar-refractivity contribution >= 4 is 22.6 Å². The SMILES string of the molecule is COCCCn1ccc2c[nH]c(=O)cc21.Nc1ccc(-c2ccc(CCCC(=O)N3CCCCC3)cc2)cn1. The lowest BCUT2D eigenvalue weighted by atomic mass is 10.0. The standard InChI is InChI=1S/C20H25N3O.C11H14N2O2/c21-19-12-11-18(15-22-19)17-9-7-16(8-10-17)5-4-6-20(24)23-13-2-1-3-14-23;1-15-6-2-4-13-5-3-9-8-12-11(14)7-10(9)13/h7-12,15H,1-6,13-14H2,(H2,21,22);3,5,7-8H,2,4,6H2,1H3,(H,12,14). The van der Waals surface area contributed by atoms with Gasteiger partial charge >= 0.3 is 0 Å². The normalized spacial score (nSPS) is 13.2. The molecular weight excluding hydrogens is 490 g/mol. The maximum atomic E-state index is 12.2. The second kappa shape index (κ2) is 14.3. The number of aromatic nitrogens is 3. The summed E-state index contributed by atoms with van der Waals surface area (Å²) in [6.07, 6.45) is 12.6. The second-order valence-electron chi connectivity index (χ2n) is 9.96. The number of aromatic amines is 1. The number of H-pyrrole nitrogens is 1. The highest BCUT2D eigenvalue weighted by Gasteiger charge is 2.15. The molecule has 5 rings (SSSR count). The Labute approximate surface area is 229 Å². The van der Waals surface area contributed by atoms with Crippen molar-refractivity contribution in [2.75, 3.05) is 32.5 Å². The number of fused-ring (bicyclic) bond motifs is 1. The number of nitrogens with two attached hydrogens (primary N) is 1. The van der Waals surface area contributed by atoms with Gasteiger partial charge in [-0.1, -0.05) is 24.3 Å². The predicted octanol–water partition coefficient (Wildman–Crippen LogP) is 5.03. The molecule has 4 heterocycles. The van der Waals surface area contributed by atoms with Gasteiger partial charge in [0.1, 0.15) is 5.82 Å². The van der Waals surface area contributed by atoms with Crippen molar-refractivity contribution in [1.82, 2.24) is 19.4 Å². The highest BCUT2D eigenvalue weighted by Crippen LogP contribution is 2.20. The molecule has 1 saturated heterocycles. The van der Waals surface area contributed by atoms with Crippen LogP contribution < -0.4 is 11.3 Å². The van der Waals surface area contributed by atoms with E-state index in [1.54, 1.807) is 25.6 Å². The van der Waals surface area contributed by atoms with Crippen LogP contribution in [0.3, 0.4) is 0 Å². The number of rotatable bonds is 9. The Morgan fingerprint density at radius 1 is 1.03 bits per heavy atom. The number of benzene rings is 1. The minimum Gasteiger partial charge on any atom is -0.385 e. The summed E-state index contributed by atoms with van der Waals surface area (Å²) >= 11 is 0. The van der Waals surface area contributed by atoms with Crippen LogP contribution in [-0.4, -0.2) is 52.1 Å². The first kappa shape index (κ1) is 28.1. The maximum Gasteiger partial charge on any atom is 0.250 e. The molecule has 0 spiro atoms. The Morgan fingerprint density at radius 3 is 2.51 bits per heavy atom. The number of piperidine rings is 1. The largest absolute Gasteiger partial charge is 0.385 e. The van der Waals surface area contributed by atoms with Crippen molar-refractivity contribution in [2.45, 2.75) is 51.5 Å². The highest BCUT2D eigenvalue weighted by atomic mass is 16.5. The molecule has 0 saturated carbocycles. The number of methoxy groups -OCH3 is 1. The molecule has 3 aromatic heterocycles. The number of nitrogens with zero attached hydrogens (tertiary/aromatic N) is 3. The summed E-state index contributed by atoms with van der Waals surface area (Å²) in [6.45, 7) is 3.51. The van der Waals surface area contributed by atoms with Crippen LogP contribution >= 0.6 is 0 Å². The molecule has 1 aliphatic rings. The van der Waals surface area contributed by atoms with E-state index >= 15 is 0 Å². The Morgan fingerprint density at radius 2 is 1.79 bits per heavy atom. The number of anilines is 1. The summed E-state index contributed by atoms with van der Waals surface area (Å²) in [5.74, 6) is 0.855. The van der Waals surface area contributed by atoms with Crippen LogP contribution in [0.2, 0.25) is 0 Å². The molecule has 1 fully saturated rings. The van der Waals surface area contributed by atoms with E-state index in [2.05, 4.69) is 38.8 Å². The molecular formula is C31H39N5O3. The molecule has 206 valence electrons. The van der Waals surface area contributed by atoms with E-state index in [1.165, 1.54) is 12.0 Å². The summed E-state index contributed by atoms with van der Waals surface area (Å²) in [5.41, 5.74) is 10.0. The Hall–Kier alpha value is -3.91. The van der Waals surface area contributed by atoms with Gasteiger partial charge in [-0.3, -0.25) is 9.59 Å². The van der Waals surface area contributed by atoms with Gasteiger partial charge in [0.05, 0.1) is 5.52 Å². The van der Waals surface area contributed by atoms with Gasteiger partial charge in [-0.25, -0.2) is 4.98 Å². The van der Waals surface area contributed by atoms with E-state index in [4.69, 9.17) is 10.5 Å². The van der Waals surface area contributed by atoms with Crippen LogP contribution in [-0.2, 0) is 22.5 Å². The molecule has 1 amide bonds. The molecule has 8 nitrogen and oxygen atoms in total. The number of nitrogen functional groups attached to an aromatic ring is 1. The van der Waals surface area contributed by atoms with Gasteiger partial charge in [0.15, 0.2) is 0 Å². The minimum atomic E-state index is -0.0609. The number of carbonyl (C=O) groups is 1. The molecule has 39 heavy (non-hydrogen) atoms. The third kappa shape index (κ3) is 8.29. The molecule has 4 aromatic rings. The lowest BCUT2D eigenvalue weighted by molar-refractivity contribution is -0.132. The van der Waals surface area contributed by atoms with E-state index in [-0.39, 0.29) is 5.56 Å². The number of hydrogen-bond acceptors (Lipinski definition) is 5. The van der Waals surface area contributed by atoms with Gasteiger partial charge in [0.2, 0.25) is 11.5 Å². The fourth-order valence-electron chi connectivity index (χ4n) is 4.86. The smallest absolute Gasteiger partial charge is 0.250 e. The topological polar surface area (TPSA) is 106 Å². The van der Waals surface area contributed by atoms with Crippen LogP contribution in [0.25, 0.3) is 22.0 Å². The van der Waals surface area contributed by atoms with E-state index in [9.17, 15) is 9.59 Å². The summed E-state index contributed by atoms with van der Waals surface area (Å²) < 4.78 is 7.07. The van der Waals surface area contributed by atoms with Crippen molar-refractivity contribution in [3.8, 4) is 11.1 Å². The van der Waals surface area contributed by atoms with Crippen molar-refractivity contribution < 1.29 is 9.53 Å². The van der Waals surface area contributed by atoms with E-state index < -0.39 is 0 Å². The Balaban J connectivity index is 0.000000202. The number of carbonyl (C=O) groups excluding carboxylic acids is 1. The molecule has 1 aromatic carbocycles. The summed E-state index contributed by atoms with van der Waals surface area (Å²) in [6, 6.07) is 15.9. The molecule has 0 aliphatic carbocycles. The van der Waals surface area contributed by atoms with Crippen molar-refractivity contribution in [1.29, 1.82) is 0 Å². The zero-order valence-electron chi connectivity index (χ0n) is 22.8. The summed E-state index contributed by atoms with van der Waals surface area (Å²) in [4.78, 5) is 32.2. The summed E-state index contributed by atoms with van der Waals surface area (Å²) in [7, 11) is 1.69. The molecule has 0 unspecified atom stereocenters. The van der Waals surface area contributed by atoms with E-state index in [0.29, 0.717) is 18.1 Å². The first-order valence-electron chi connectivity index (χ1n) is 13.8. The predicted molar refractivity (Wildman–Crippen MR) is 157 cm³/mol. The number of ether oxygens (including phenoxy) is 1. The summed E-state index contributed by atoms with van der Waals surface area (Å²) in [5, 5.41) is 1.06. The van der Waals surface area contributed by atoms with Gasteiger partial charge in [0, 0.05) is 75.4 Å². The van der Waals surface area contributed by atoms with Gasteiger partial charge < -0.3 is 24.9 Å². The molecule has 0 radical (unpaired) electrons. The van der Waals surface area contributed by atoms with Crippen LogP contribution in [0.15, 0.2) is 71.9 Å². The first-order chi connectivity index (χ1) is 19.0. The fourth-order valence-corrected chi connectivity index (χ4v) is 4.86. The average Bonchev–Trinajstić information content (AvgIpc) is 3.36. The number of hydrogen-bond donors (Lipinski definition) is 2. The van der Waals surface area contributed by atoms with Gasteiger partial charge in [0.25, 0.3) is 0 Å². The zero-order valence-corrected chi connectivity index (χ0v) is 22.8. The Kier molecular flexibility index (Phi) is 10.3. The fraction of sp³-hybridized carbons (Fsp3) is 0.387. The third-order valence-electron chi connectivity index (χ3n) is 7.06. The van der Waals surface area contributed by atoms with Gasteiger partial charge in [-0.15, -0.1) is 0 Å². The van der Waals surface area contributed by atoms with Gasteiger partial charge in [-0.2, -0.15) is 0 Å². The molecule has 1 aliphatic heterocycles. The number of nitrogens with one attached hydrogen (secondary N) is 1. The molecule has 0 atom stereocenters. The first-order valence-corrected chi connectivity index (χ1v) is 13.8. The van der Waals surface area contributed by atoms with Crippen LogP contribution in [0.1, 0.15) is 44.1 Å². The second-order valence-corrected chi connectivity index (χ2v) is 9.96. The van der Waals surface area contributed by atoms with Crippen molar-refractivity contribution in [3.63, 3.8) is 0 Å². The molecule has 8 heteroatoms. The third-order valence-corrected chi connectivity index (χ3v) is 7.06. The molecule has 3 N–H and O–H groups in total.